The van der Waals surface area contributed by atoms with E-state index in [1.807, 2.05) is 49.1 Å². The lowest BCUT2D eigenvalue weighted by molar-refractivity contribution is 1.31. The summed E-state index contributed by atoms with van der Waals surface area (Å²) < 4.78 is 0. The van der Waals surface area contributed by atoms with Crippen LogP contribution < -0.4 is 0 Å². The second-order valence-electron chi connectivity index (χ2n) is 14.4. The topological polar surface area (TPSA) is 77.3 Å². The van der Waals surface area contributed by atoms with Crippen LogP contribution in [0, 0.1) is 0 Å². The molecule has 6 heteroatoms. The van der Waals surface area contributed by atoms with Crippen molar-refractivity contribution in [2.75, 3.05) is 0 Å². The van der Waals surface area contributed by atoms with Crippen LogP contribution >= 0.6 is 0 Å². The van der Waals surface area contributed by atoms with Crippen LogP contribution in [0.5, 0.6) is 0 Å². The number of benzene rings is 5. The molecule has 0 unspecified atom stereocenters. The molecule has 0 aliphatic rings. The first kappa shape index (κ1) is 33.4. The van der Waals surface area contributed by atoms with E-state index in [4.69, 9.17) is 29.9 Å². The highest BCUT2D eigenvalue weighted by molar-refractivity contribution is 5.99. The van der Waals surface area contributed by atoms with Gasteiger partial charge in [0.05, 0.1) is 44.8 Å². The minimum atomic E-state index is 0.843. The number of hydrogen-bond donors (Lipinski definition) is 0. The van der Waals surface area contributed by atoms with Gasteiger partial charge in [-0.1, -0.05) is 115 Å². The van der Waals surface area contributed by atoms with Crippen LogP contribution in [0.2, 0.25) is 0 Å². The van der Waals surface area contributed by atoms with Gasteiger partial charge in [-0.3, -0.25) is 19.9 Å². The molecule has 0 fully saturated rings. The van der Waals surface area contributed by atoms with Crippen molar-refractivity contribution in [3.8, 4) is 67.3 Å². The van der Waals surface area contributed by atoms with Gasteiger partial charge in [-0.15, -0.1) is 0 Å². The van der Waals surface area contributed by atoms with Gasteiger partial charge in [-0.05, 0) is 76.9 Å². The predicted molar refractivity (Wildman–Crippen MR) is 236 cm³/mol. The molecular weight excluding hydrogens is 709 g/mol. The summed E-state index contributed by atoms with van der Waals surface area (Å²) in [5, 5.41) is 4.26. The molecule has 0 spiro atoms. The fourth-order valence-corrected chi connectivity index (χ4v) is 8.07. The molecule has 0 N–H and O–H groups in total. The van der Waals surface area contributed by atoms with Gasteiger partial charge < -0.3 is 0 Å². The van der Waals surface area contributed by atoms with Crippen LogP contribution in [0.15, 0.2) is 195 Å². The molecule has 58 heavy (non-hydrogen) atoms. The Bertz CT molecular complexity index is 2940. The fourth-order valence-electron chi connectivity index (χ4n) is 8.07. The molecule has 0 aliphatic heterocycles. The third-order valence-corrected chi connectivity index (χ3v) is 10.8. The van der Waals surface area contributed by atoms with Crippen molar-refractivity contribution in [2.24, 2.45) is 0 Å². The van der Waals surface area contributed by atoms with E-state index in [0.717, 1.165) is 111 Å². The van der Waals surface area contributed by atoms with E-state index in [1.165, 1.54) is 0 Å². The van der Waals surface area contributed by atoms with Crippen LogP contribution in [0.4, 0.5) is 0 Å². The van der Waals surface area contributed by atoms with E-state index in [-0.39, 0.29) is 0 Å². The second-order valence-corrected chi connectivity index (χ2v) is 14.4. The van der Waals surface area contributed by atoms with Crippen LogP contribution in [-0.2, 0) is 0 Å². The summed E-state index contributed by atoms with van der Waals surface area (Å²) in [6.45, 7) is 0. The Hall–Kier alpha value is -7.96. The summed E-state index contributed by atoms with van der Waals surface area (Å²) in [5.41, 5.74) is 15.1. The third kappa shape index (κ3) is 5.92. The van der Waals surface area contributed by atoms with Gasteiger partial charge >= 0.3 is 0 Å². The van der Waals surface area contributed by atoms with Crippen LogP contribution in [0.25, 0.3) is 111 Å². The standard InChI is InChI=1S/C52H32N6/c1-14-37(39-29-45(41-20-2-10-33-16-6-24-53-49(33)41)57-46(30-39)42-21-3-11-34-17-7-25-54-50(34)42)28-38(15-1)40-31-47(43-22-4-12-35-18-8-26-55-51(35)43)58-48(32-40)44-23-5-13-36-19-9-27-56-52(36)44/h1-32H. The van der Waals surface area contributed by atoms with Crippen molar-refractivity contribution in [2.45, 2.75) is 0 Å². The van der Waals surface area contributed by atoms with Gasteiger partial charge in [0.25, 0.3) is 0 Å². The molecule has 6 heterocycles. The number of fused-ring (bicyclic) bond motifs is 4. The minimum absolute atomic E-state index is 0.843. The second kappa shape index (κ2) is 14.0. The maximum atomic E-state index is 5.32. The zero-order valence-corrected chi connectivity index (χ0v) is 31.2. The summed E-state index contributed by atoms with van der Waals surface area (Å²) in [6, 6.07) is 58.8. The van der Waals surface area contributed by atoms with Crippen molar-refractivity contribution in [1.82, 2.24) is 29.9 Å². The molecule has 5 aromatic carbocycles. The molecule has 0 radical (unpaired) electrons. The van der Waals surface area contributed by atoms with E-state index >= 15 is 0 Å². The molecule has 0 aliphatic carbocycles. The molecule has 0 atom stereocenters. The number of nitrogens with zero attached hydrogens (tertiary/aromatic N) is 6. The molecule has 11 rings (SSSR count). The Morgan fingerprint density at radius 1 is 0.241 bits per heavy atom. The van der Waals surface area contributed by atoms with Gasteiger partial charge in [0, 0.05) is 68.6 Å². The Morgan fingerprint density at radius 3 is 0.828 bits per heavy atom. The monoisotopic (exact) mass is 740 g/mol. The highest BCUT2D eigenvalue weighted by Crippen LogP contribution is 2.38. The van der Waals surface area contributed by atoms with Crippen molar-refractivity contribution in [3.63, 3.8) is 0 Å². The molecule has 0 saturated heterocycles. The summed E-state index contributed by atoms with van der Waals surface area (Å²) in [5.74, 6) is 0. The van der Waals surface area contributed by atoms with E-state index < -0.39 is 0 Å². The lowest BCUT2D eigenvalue weighted by Gasteiger charge is -2.15. The first-order chi connectivity index (χ1) is 28.7. The normalized spacial score (nSPS) is 11.4. The number of rotatable bonds is 6. The molecule has 0 amide bonds. The molecule has 6 nitrogen and oxygen atoms in total. The Kier molecular flexibility index (Phi) is 8.04. The molecular formula is C52H32N6. The largest absolute Gasteiger partial charge is 0.256 e. The van der Waals surface area contributed by atoms with E-state index in [2.05, 4.69) is 146 Å². The first-order valence-electron chi connectivity index (χ1n) is 19.2. The summed E-state index contributed by atoms with van der Waals surface area (Å²) in [4.78, 5) is 29.9. The zero-order chi connectivity index (χ0) is 38.4. The van der Waals surface area contributed by atoms with Gasteiger partial charge in [-0.2, -0.15) is 0 Å². The van der Waals surface area contributed by atoms with Gasteiger partial charge in [0.2, 0.25) is 0 Å². The molecule has 0 saturated carbocycles. The van der Waals surface area contributed by atoms with E-state index in [1.54, 1.807) is 0 Å². The zero-order valence-electron chi connectivity index (χ0n) is 31.2. The number of hydrogen-bond acceptors (Lipinski definition) is 6. The van der Waals surface area contributed by atoms with E-state index in [9.17, 15) is 0 Å². The van der Waals surface area contributed by atoms with Crippen LogP contribution in [0.3, 0.4) is 0 Å². The lowest BCUT2D eigenvalue weighted by Crippen LogP contribution is -1.95. The Morgan fingerprint density at radius 2 is 0.517 bits per heavy atom. The van der Waals surface area contributed by atoms with Crippen molar-refractivity contribution >= 4 is 43.6 Å². The summed E-state index contributed by atoms with van der Waals surface area (Å²) in [6.07, 6.45) is 7.37. The highest BCUT2D eigenvalue weighted by Gasteiger charge is 2.17. The summed E-state index contributed by atoms with van der Waals surface area (Å²) in [7, 11) is 0. The average Bonchev–Trinajstić information content (AvgIpc) is 3.30. The predicted octanol–water partition coefficient (Wildman–Crippen LogP) is 12.7. The maximum Gasteiger partial charge on any atom is 0.0795 e. The van der Waals surface area contributed by atoms with Crippen molar-refractivity contribution in [1.29, 1.82) is 0 Å². The third-order valence-electron chi connectivity index (χ3n) is 10.8. The molecule has 6 aromatic heterocycles. The average molecular weight is 741 g/mol. The smallest absolute Gasteiger partial charge is 0.0795 e. The van der Waals surface area contributed by atoms with Crippen molar-refractivity contribution < 1.29 is 0 Å². The highest BCUT2D eigenvalue weighted by atomic mass is 14.8. The van der Waals surface area contributed by atoms with Crippen molar-refractivity contribution in [3.05, 3.63) is 195 Å². The maximum absolute atomic E-state index is 5.32. The number of pyridine rings is 6. The quantitative estimate of drug-likeness (QED) is 0.169. The van der Waals surface area contributed by atoms with Gasteiger partial charge in [0.15, 0.2) is 0 Å². The minimum Gasteiger partial charge on any atom is -0.256 e. The molecule has 11 aromatic rings. The number of aromatic nitrogens is 6. The first-order valence-corrected chi connectivity index (χ1v) is 19.2. The van der Waals surface area contributed by atoms with E-state index in [0.29, 0.717) is 0 Å². The summed E-state index contributed by atoms with van der Waals surface area (Å²) >= 11 is 0. The van der Waals surface area contributed by atoms with Crippen LogP contribution in [-0.4, -0.2) is 29.9 Å². The Balaban J connectivity index is 1.12. The van der Waals surface area contributed by atoms with Gasteiger partial charge in [-0.25, -0.2) is 9.97 Å². The van der Waals surface area contributed by atoms with Gasteiger partial charge in [0.1, 0.15) is 0 Å². The molecule has 270 valence electrons. The molecule has 0 bridgehead atoms. The van der Waals surface area contributed by atoms with Crippen LogP contribution in [0.1, 0.15) is 0 Å². The Labute approximate surface area is 334 Å². The lowest BCUT2D eigenvalue weighted by atomic mass is 9.94. The fraction of sp³-hybridized carbons (Fsp3) is 0. The SMILES string of the molecule is c1cc(-c2cc(-c3cccc4cccnc34)nc(-c3cccc4cccnc34)c2)cc(-c2cc(-c3cccc4cccnc34)nc(-c3cccc4cccnc34)c2)c1. The number of para-hydroxylation sites is 4.